The number of aryl methyl sites for hydroxylation is 2. The Morgan fingerprint density at radius 1 is 1.04 bits per heavy atom. The number of hydrogen-bond acceptors (Lipinski definition) is 7. The molecule has 1 saturated heterocycles. The maximum absolute atomic E-state index is 5.84. The summed E-state index contributed by atoms with van der Waals surface area (Å²) in [7, 11) is 0. The second-order valence-electron chi connectivity index (χ2n) is 7.21. The van der Waals surface area contributed by atoms with Crippen LogP contribution in [0.25, 0.3) is 11.2 Å². The van der Waals surface area contributed by atoms with Gasteiger partial charge in [0, 0.05) is 31.2 Å². The monoisotopic (exact) mass is 364 g/mol. The van der Waals surface area contributed by atoms with E-state index in [1.165, 1.54) is 5.56 Å². The van der Waals surface area contributed by atoms with E-state index in [0.29, 0.717) is 22.9 Å². The highest BCUT2D eigenvalue weighted by molar-refractivity contribution is 5.86. The molecule has 4 rings (SSSR count). The minimum atomic E-state index is 0.130. The average Bonchev–Trinajstić information content (AvgIpc) is 2.64. The van der Waals surface area contributed by atoms with Crippen LogP contribution in [0.5, 0.6) is 0 Å². The molecule has 0 radical (unpaired) electrons. The van der Waals surface area contributed by atoms with Gasteiger partial charge in [-0.15, -0.1) is 0 Å². The van der Waals surface area contributed by atoms with Crippen LogP contribution in [-0.2, 0) is 4.74 Å². The molecule has 7 heteroatoms. The van der Waals surface area contributed by atoms with Crippen molar-refractivity contribution < 1.29 is 4.74 Å². The summed E-state index contributed by atoms with van der Waals surface area (Å²) in [5, 5.41) is 3.45. The van der Waals surface area contributed by atoms with Gasteiger partial charge in [0.2, 0.25) is 5.95 Å². The first-order valence-corrected chi connectivity index (χ1v) is 9.23. The molecule has 27 heavy (non-hydrogen) atoms. The van der Waals surface area contributed by atoms with Crippen molar-refractivity contribution in [2.45, 2.75) is 39.9 Å². The van der Waals surface area contributed by atoms with E-state index in [0.717, 1.165) is 24.3 Å². The lowest BCUT2D eigenvalue weighted by molar-refractivity contribution is -0.00569. The normalized spacial score (nSPS) is 20.1. The molecule has 1 aliphatic rings. The second kappa shape index (κ2) is 7.08. The fourth-order valence-corrected chi connectivity index (χ4v) is 3.42. The van der Waals surface area contributed by atoms with Crippen molar-refractivity contribution in [1.82, 2.24) is 19.9 Å². The van der Waals surface area contributed by atoms with E-state index in [9.17, 15) is 0 Å². The first kappa shape index (κ1) is 17.6. The van der Waals surface area contributed by atoms with Gasteiger partial charge in [-0.05, 0) is 44.9 Å². The van der Waals surface area contributed by atoms with Gasteiger partial charge in [-0.2, -0.15) is 9.97 Å². The van der Waals surface area contributed by atoms with Crippen molar-refractivity contribution in [1.29, 1.82) is 0 Å². The van der Waals surface area contributed by atoms with E-state index in [1.807, 2.05) is 0 Å². The van der Waals surface area contributed by atoms with Crippen LogP contribution in [0.15, 0.2) is 30.6 Å². The first-order valence-electron chi connectivity index (χ1n) is 9.23. The zero-order valence-corrected chi connectivity index (χ0v) is 16.1. The van der Waals surface area contributed by atoms with Crippen molar-refractivity contribution in [2.24, 2.45) is 0 Å². The Bertz CT molecular complexity index is 966. The zero-order valence-electron chi connectivity index (χ0n) is 16.1. The van der Waals surface area contributed by atoms with Gasteiger partial charge < -0.3 is 15.0 Å². The molecule has 7 nitrogen and oxygen atoms in total. The maximum Gasteiger partial charge on any atom is 0.229 e. The molecule has 0 bridgehead atoms. The molecule has 0 spiro atoms. The SMILES string of the molecule is Cc1ccc(C)c(Nc2nc(N3C[C@@H](C)O[C@@H](C)C3)nc3nccnc23)c1. The topological polar surface area (TPSA) is 76.1 Å². The minimum Gasteiger partial charge on any atom is -0.372 e. The zero-order chi connectivity index (χ0) is 19.0. The van der Waals surface area contributed by atoms with Gasteiger partial charge in [0.25, 0.3) is 0 Å². The minimum absolute atomic E-state index is 0.130. The van der Waals surface area contributed by atoms with E-state index in [2.05, 4.69) is 71.1 Å². The molecule has 1 N–H and O–H groups in total. The van der Waals surface area contributed by atoms with E-state index in [1.54, 1.807) is 12.4 Å². The maximum atomic E-state index is 5.84. The largest absolute Gasteiger partial charge is 0.372 e. The number of rotatable bonds is 3. The second-order valence-corrected chi connectivity index (χ2v) is 7.21. The Hall–Kier alpha value is -2.80. The fourth-order valence-electron chi connectivity index (χ4n) is 3.42. The summed E-state index contributed by atoms with van der Waals surface area (Å²) in [4.78, 5) is 20.5. The van der Waals surface area contributed by atoms with Gasteiger partial charge in [-0.25, -0.2) is 9.97 Å². The molecule has 1 aromatic carbocycles. The van der Waals surface area contributed by atoms with E-state index in [4.69, 9.17) is 9.72 Å². The summed E-state index contributed by atoms with van der Waals surface area (Å²) in [6.07, 6.45) is 3.58. The Morgan fingerprint density at radius 2 is 1.78 bits per heavy atom. The van der Waals surface area contributed by atoms with Gasteiger partial charge in [-0.1, -0.05) is 12.1 Å². The molecule has 3 aromatic rings. The van der Waals surface area contributed by atoms with Crippen molar-refractivity contribution in [3.05, 3.63) is 41.7 Å². The lowest BCUT2D eigenvalue weighted by atomic mass is 10.1. The van der Waals surface area contributed by atoms with Crippen molar-refractivity contribution in [3.63, 3.8) is 0 Å². The lowest BCUT2D eigenvalue weighted by Crippen LogP contribution is -2.46. The molecule has 140 valence electrons. The number of ether oxygens (including phenoxy) is 1. The Kier molecular flexibility index (Phi) is 4.61. The van der Waals surface area contributed by atoms with Crippen LogP contribution >= 0.6 is 0 Å². The van der Waals surface area contributed by atoms with Gasteiger partial charge in [0.15, 0.2) is 17.0 Å². The van der Waals surface area contributed by atoms with E-state index >= 15 is 0 Å². The summed E-state index contributed by atoms with van der Waals surface area (Å²) in [6.45, 7) is 9.78. The highest BCUT2D eigenvalue weighted by Crippen LogP contribution is 2.27. The summed E-state index contributed by atoms with van der Waals surface area (Å²) in [5.41, 5.74) is 4.59. The Morgan fingerprint density at radius 3 is 2.56 bits per heavy atom. The molecular formula is C20H24N6O. The number of benzene rings is 1. The summed E-state index contributed by atoms with van der Waals surface area (Å²) >= 11 is 0. The summed E-state index contributed by atoms with van der Waals surface area (Å²) < 4.78 is 5.84. The Balaban J connectivity index is 1.78. The first-order chi connectivity index (χ1) is 13.0. The van der Waals surface area contributed by atoms with Crippen LogP contribution in [0, 0.1) is 13.8 Å². The number of nitrogens with one attached hydrogen (secondary N) is 1. The van der Waals surface area contributed by atoms with Crippen LogP contribution in [-0.4, -0.2) is 45.2 Å². The number of fused-ring (bicyclic) bond motifs is 1. The molecule has 0 aliphatic carbocycles. The van der Waals surface area contributed by atoms with Gasteiger partial charge in [-0.3, -0.25) is 0 Å². The highest BCUT2D eigenvalue weighted by Gasteiger charge is 2.25. The van der Waals surface area contributed by atoms with Crippen LogP contribution in [0.4, 0.5) is 17.5 Å². The molecule has 3 heterocycles. The standard InChI is InChI=1S/C20H24N6O/c1-12-5-6-13(2)16(9-12)23-19-17-18(22-8-7-21-17)24-20(25-19)26-10-14(3)27-15(4)11-26/h5-9,14-15H,10-11H2,1-4H3,(H,22,23,24,25)/t14-,15+. The molecule has 2 atom stereocenters. The van der Waals surface area contributed by atoms with Crippen LogP contribution in [0.3, 0.4) is 0 Å². The molecule has 1 fully saturated rings. The predicted octanol–water partition coefficient (Wildman–Crippen LogP) is 3.39. The number of morpholine rings is 1. The molecule has 1 aliphatic heterocycles. The number of nitrogens with zero attached hydrogens (tertiary/aromatic N) is 5. The molecule has 0 saturated carbocycles. The number of anilines is 3. The average molecular weight is 364 g/mol. The summed E-state index contributed by atoms with van der Waals surface area (Å²) in [6, 6.07) is 6.30. The van der Waals surface area contributed by atoms with Gasteiger partial charge in [0.05, 0.1) is 12.2 Å². The van der Waals surface area contributed by atoms with Crippen molar-refractivity contribution in [2.75, 3.05) is 23.3 Å². The van der Waals surface area contributed by atoms with Crippen LogP contribution in [0.1, 0.15) is 25.0 Å². The fraction of sp³-hybridized carbons (Fsp3) is 0.400. The molecule has 0 unspecified atom stereocenters. The van der Waals surface area contributed by atoms with Gasteiger partial charge in [0.1, 0.15) is 0 Å². The quantitative estimate of drug-likeness (QED) is 0.763. The lowest BCUT2D eigenvalue weighted by Gasteiger charge is -2.35. The van der Waals surface area contributed by atoms with Crippen LogP contribution < -0.4 is 10.2 Å². The highest BCUT2D eigenvalue weighted by atomic mass is 16.5. The molecule has 0 amide bonds. The van der Waals surface area contributed by atoms with E-state index < -0.39 is 0 Å². The smallest absolute Gasteiger partial charge is 0.229 e. The number of aromatic nitrogens is 4. The number of hydrogen-bond donors (Lipinski definition) is 1. The third-order valence-electron chi connectivity index (χ3n) is 4.67. The van der Waals surface area contributed by atoms with Crippen LogP contribution in [0.2, 0.25) is 0 Å². The van der Waals surface area contributed by atoms with Crippen molar-refractivity contribution in [3.8, 4) is 0 Å². The molecular weight excluding hydrogens is 340 g/mol. The van der Waals surface area contributed by atoms with Gasteiger partial charge >= 0.3 is 0 Å². The third-order valence-corrected chi connectivity index (χ3v) is 4.67. The van der Waals surface area contributed by atoms with E-state index in [-0.39, 0.29) is 12.2 Å². The summed E-state index contributed by atoms with van der Waals surface area (Å²) in [5.74, 6) is 1.32. The predicted molar refractivity (Wildman–Crippen MR) is 107 cm³/mol. The Labute approximate surface area is 158 Å². The molecule has 2 aromatic heterocycles. The van der Waals surface area contributed by atoms with Crippen molar-refractivity contribution >= 4 is 28.6 Å². The third kappa shape index (κ3) is 3.68.